The minimum Gasteiger partial charge on any atom is -0.451 e. The van der Waals surface area contributed by atoms with Crippen molar-refractivity contribution in [3.8, 4) is 5.69 Å². The first-order valence-electron chi connectivity index (χ1n) is 9.41. The van der Waals surface area contributed by atoms with Gasteiger partial charge >= 0.3 is 5.91 Å². The van der Waals surface area contributed by atoms with Crippen molar-refractivity contribution in [3.63, 3.8) is 0 Å². The predicted octanol–water partition coefficient (Wildman–Crippen LogP) is 5.82. The van der Waals surface area contributed by atoms with Crippen molar-refractivity contribution in [3.05, 3.63) is 91.4 Å². The lowest BCUT2D eigenvalue weighted by atomic mass is 10.2. The van der Waals surface area contributed by atoms with Gasteiger partial charge in [-0.15, -0.1) is 0 Å². The van der Waals surface area contributed by atoms with E-state index >= 15 is 0 Å². The van der Waals surface area contributed by atoms with E-state index in [0.717, 1.165) is 22.6 Å². The van der Waals surface area contributed by atoms with Crippen LogP contribution in [0, 0.1) is 24.0 Å². The molecule has 0 aliphatic rings. The van der Waals surface area contributed by atoms with E-state index in [1.165, 1.54) is 30.5 Å². The molecule has 1 amide bonds. The van der Waals surface area contributed by atoms with Gasteiger partial charge in [0.2, 0.25) is 0 Å². The third-order valence-corrected chi connectivity index (χ3v) is 5.76. The molecule has 162 valence electrons. The summed E-state index contributed by atoms with van der Waals surface area (Å²) in [5, 5.41) is 16.3. The summed E-state index contributed by atoms with van der Waals surface area (Å²) in [6.07, 6.45) is 1.52. The number of nitrogens with one attached hydrogen (secondary N) is 1. The number of hydrogen-bond donors (Lipinski definition) is 1. The second-order valence-electron chi connectivity index (χ2n) is 7.02. The Morgan fingerprint density at radius 3 is 2.72 bits per heavy atom. The third-order valence-electron chi connectivity index (χ3n) is 4.95. The number of aromatic nitrogens is 1. The average Bonchev–Trinajstić information content (AvgIpc) is 3.30. The molecule has 2 aromatic heterocycles. The monoisotopic (exact) mass is 470 g/mol. The van der Waals surface area contributed by atoms with Crippen molar-refractivity contribution in [1.82, 2.24) is 9.99 Å². The first-order chi connectivity index (χ1) is 15.3. The van der Waals surface area contributed by atoms with Crippen molar-refractivity contribution in [2.45, 2.75) is 13.8 Å². The van der Waals surface area contributed by atoms with E-state index < -0.39 is 10.8 Å². The standard InChI is InChI=1S/C22H16Cl2N4O4/c1-12-8-15(13(2)27(12)18-5-3-4-17(23)21(18)24)11-25-26-22(29)20-10-14-9-16(28(30)31)6-7-19(14)32-20/h3-11H,1-2H3,(H,26,29)/b25-11+. The number of amides is 1. The highest BCUT2D eigenvalue weighted by Crippen LogP contribution is 2.31. The van der Waals surface area contributed by atoms with Crippen molar-refractivity contribution in [2.75, 3.05) is 0 Å². The number of nitrogens with zero attached hydrogens (tertiary/aromatic N) is 3. The first kappa shape index (κ1) is 21.6. The molecule has 0 radical (unpaired) electrons. The fraction of sp³-hybridized carbons (Fsp3) is 0.0909. The van der Waals surface area contributed by atoms with Gasteiger partial charge in [-0.3, -0.25) is 14.9 Å². The van der Waals surface area contributed by atoms with Crippen LogP contribution >= 0.6 is 23.2 Å². The van der Waals surface area contributed by atoms with Crippen molar-refractivity contribution in [2.24, 2.45) is 5.10 Å². The quantitative estimate of drug-likeness (QED) is 0.225. The Hall–Kier alpha value is -3.62. The van der Waals surface area contributed by atoms with E-state index in [-0.39, 0.29) is 11.4 Å². The lowest BCUT2D eigenvalue weighted by Crippen LogP contribution is -2.16. The molecule has 0 atom stereocenters. The fourth-order valence-electron chi connectivity index (χ4n) is 3.43. The van der Waals surface area contributed by atoms with Gasteiger partial charge in [0.25, 0.3) is 5.69 Å². The van der Waals surface area contributed by atoms with Gasteiger partial charge in [0.05, 0.1) is 26.9 Å². The maximum Gasteiger partial charge on any atom is 0.307 e. The second kappa shape index (κ2) is 8.49. The predicted molar refractivity (Wildman–Crippen MR) is 123 cm³/mol. The molecule has 0 bridgehead atoms. The van der Waals surface area contributed by atoms with Crippen LogP contribution in [0.25, 0.3) is 16.7 Å². The average molecular weight is 471 g/mol. The van der Waals surface area contributed by atoms with Gasteiger partial charge in [-0.2, -0.15) is 5.10 Å². The number of nitro groups is 1. The van der Waals surface area contributed by atoms with Gasteiger partial charge in [-0.05, 0) is 44.2 Å². The Balaban J connectivity index is 1.54. The van der Waals surface area contributed by atoms with E-state index in [9.17, 15) is 14.9 Å². The number of rotatable bonds is 5. The van der Waals surface area contributed by atoms with Crippen LogP contribution in [0.15, 0.2) is 58.0 Å². The SMILES string of the molecule is Cc1cc(/C=N/NC(=O)c2cc3cc([N+](=O)[O-])ccc3o2)c(C)n1-c1cccc(Cl)c1Cl. The zero-order valence-electron chi connectivity index (χ0n) is 16.9. The minimum atomic E-state index is -0.577. The lowest BCUT2D eigenvalue weighted by molar-refractivity contribution is -0.384. The zero-order valence-corrected chi connectivity index (χ0v) is 18.4. The van der Waals surface area contributed by atoms with Crippen LogP contribution in [0.4, 0.5) is 5.69 Å². The highest BCUT2D eigenvalue weighted by Gasteiger charge is 2.16. The van der Waals surface area contributed by atoms with E-state index in [4.69, 9.17) is 27.6 Å². The number of furan rings is 1. The van der Waals surface area contributed by atoms with Crippen molar-refractivity contribution >= 4 is 52.0 Å². The summed E-state index contributed by atoms with van der Waals surface area (Å²) >= 11 is 12.5. The van der Waals surface area contributed by atoms with Crippen LogP contribution in [0.1, 0.15) is 27.5 Å². The summed E-state index contributed by atoms with van der Waals surface area (Å²) in [6.45, 7) is 3.83. The second-order valence-corrected chi connectivity index (χ2v) is 7.81. The summed E-state index contributed by atoms with van der Waals surface area (Å²) in [5.41, 5.74) is 5.99. The van der Waals surface area contributed by atoms with Crippen LogP contribution in [-0.2, 0) is 0 Å². The molecule has 0 aliphatic carbocycles. The number of carbonyl (C=O) groups is 1. The number of nitro benzene ring substituents is 1. The van der Waals surface area contributed by atoms with E-state index in [1.54, 1.807) is 6.07 Å². The molecule has 4 aromatic rings. The number of carbonyl (C=O) groups excluding carboxylic acids is 1. The van der Waals surface area contributed by atoms with Crippen LogP contribution < -0.4 is 5.43 Å². The largest absolute Gasteiger partial charge is 0.451 e. The smallest absolute Gasteiger partial charge is 0.307 e. The Morgan fingerprint density at radius 1 is 1.19 bits per heavy atom. The highest BCUT2D eigenvalue weighted by atomic mass is 35.5. The molecule has 4 rings (SSSR count). The highest BCUT2D eigenvalue weighted by molar-refractivity contribution is 6.43. The number of hydrazone groups is 1. The lowest BCUT2D eigenvalue weighted by Gasteiger charge is -2.12. The minimum absolute atomic E-state index is 0.00571. The molecule has 0 spiro atoms. The number of fused-ring (bicyclic) bond motifs is 1. The Kier molecular flexibility index (Phi) is 5.73. The molecule has 32 heavy (non-hydrogen) atoms. The molecule has 0 unspecified atom stereocenters. The molecule has 8 nitrogen and oxygen atoms in total. The van der Waals surface area contributed by atoms with Crippen molar-refractivity contribution in [1.29, 1.82) is 0 Å². The maximum atomic E-state index is 12.4. The van der Waals surface area contributed by atoms with Crippen LogP contribution in [0.5, 0.6) is 0 Å². The van der Waals surface area contributed by atoms with Gasteiger partial charge in [-0.1, -0.05) is 29.3 Å². The molecule has 0 fully saturated rings. The molecule has 0 aliphatic heterocycles. The van der Waals surface area contributed by atoms with Crippen LogP contribution in [0.3, 0.4) is 0 Å². The maximum absolute atomic E-state index is 12.4. The number of hydrogen-bond acceptors (Lipinski definition) is 5. The Bertz CT molecular complexity index is 1400. The molecule has 1 N–H and O–H groups in total. The number of halogens is 2. The third kappa shape index (κ3) is 3.98. The molecular formula is C22H16Cl2N4O4. The van der Waals surface area contributed by atoms with Crippen molar-refractivity contribution < 1.29 is 14.1 Å². The summed E-state index contributed by atoms with van der Waals surface area (Å²) in [4.78, 5) is 22.8. The molecule has 2 aromatic carbocycles. The molecule has 0 saturated heterocycles. The molecular weight excluding hydrogens is 455 g/mol. The zero-order chi connectivity index (χ0) is 23.0. The topological polar surface area (TPSA) is 103 Å². The number of non-ortho nitro benzene ring substituents is 1. The Labute approximate surface area is 192 Å². The summed E-state index contributed by atoms with van der Waals surface area (Å²) in [5.74, 6) is -0.583. The van der Waals surface area contributed by atoms with Gasteiger partial charge in [0, 0.05) is 34.5 Å². The molecule has 2 heterocycles. The number of benzene rings is 2. The van der Waals surface area contributed by atoms with Gasteiger partial charge < -0.3 is 8.98 Å². The molecule has 0 saturated carbocycles. The summed E-state index contributed by atoms with van der Waals surface area (Å²) < 4.78 is 7.40. The van der Waals surface area contributed by atoms with E-state index in [1.807, 2.05) is 36.6 Å². The number of aryl methyl sites for hydroxylation is 1. The van der Waals surface area contributed by atoms with E-state index in [2.05, 4.69) is 10.5 Å². The fourth-order valence-corrected chi connectivity index (χ4v) is 3.81. The normalized spacial score (nSPS) is 11.4. The van der Waals surface area contributed by atoms with Gasteiger partial charge in [0.1, 0.15) is 5.58 Å². The summed E-state index contributed by atoms with van der Waals surface area (Å²) in [6, 6.07) is 12.8. The van der Waals surface area contributed by atoms with Gasteiger partial charge in [-0.25, -0.2) is 5.43 Å². The summed E-state index contributed by atoms with van der Waals surface area (Å²) in [7, 11) is 0. The Morgan fingerprint density at radius 2 is 1.97 bits per heavy atom. The van der Waals surface area contributed by atoms with Crippen LogP contribution in [-0.4, -0.2) is 21.6 Å². The van der Waals surface area contributed by atoms with Gasteiger partial charge in [0.15, 0.2) is 5.76 Å². The molecule has 10 heteroatoms. The van der Waals surface area contributed by atoms with Crippen LogP contribution in [0.2, 0.25) is 10.0 Å². The van der Waals surface area contributed by atoms with E-state index in [0.29, 0.717) is 21.0 Å². The first-order valence-corrected chi connectivity index (χ1v) is 10.2.